The first kappa shape index (κ1) is 19.1. The molecule has 2 aromatic carbocycles. The first-order valence-electron chi connectivity index (χ1n) is 8.59. The normalized spacial score (nSPS) is 10.7. The number of pyridine rings is 1. The van der Waals surface area contributed by atoms with Crippen molar-refractivity contribution in [1.82, 2.24) is 9.88 Å². The molecule has 0 spiro atoms. The van der Waals surface area contributed by atoms with Crippen LogP contribution in [-0.2, 0) is 6.54 Å². The van der Waals surface area contributed by atoms with Crippen LogP contribution in [0.5, 0.6) is 0 Å². The van der Waals surface area contributed by atoms with Crippen LogP contribution in [0.2, 0.25) is 5.02 Å². The fraction of sp³-hybridized carbons (Fsp3) is 0.182. The van der Waals surface area contributed by atoms with E-state index >= 15 is 0 Å². The Bertz CT molecular complexity index is 989. The smallest absolute Gasteiger partial charge is 0.253 e. The molecule has 0 saturated carbocycles. The molecular weight excluding hydrogens is 363 g/mol. The Morgan fingerprint density at radius 3 is 2.56 bits per heavy atom. The zero-order valence-corrected chi connectivity index (χ0v) is 16.2. The molecule has 138 valence electrons. The maximum absolute atomic E-state index is 14.5. The molecule has 0 N–H and O–H groups in total. The fourth-order valence-electron chi connectivity index (χ4n) is 3.01. The van der Waals surface area contributed by atoms with Crippen LogP contribution in [0.4, 0.5) is 4.39 Å². The van der Waals surface area contributed by atoms with Gasteiger partial charge in [0.05, 0.1) is 12.2 Å². The third-order valence-electron chi connectivity index (χ3n) is 4.48. The van der Waals surface area contributed by atoms with Crippen LogP contribution >= 0.6 is 11.6 Å². The predicted octanol–water partition coefficient (Wildman–Crippen LogP) is 5.43. The van der Waals surface area contributed by atoms with Crippen LogP contribution < -0.4 is 0 Å². The molecule has 0 fully saturated rings. The molecule has 0 saturated heterocycles. The van der Waals surface area contributed by atoms with Gasteiger partial charge in [-0.15, -0.1) is 0 Å². The minimum Gasteiger partial charge on any atom is -0.336 e. The topological polar surface area (TPSA) is 33.2 Å². The second kappa shape index (κ2) is 7.89. The van der Waals surface area contributed by atoms with Crippen LogP contribution in [0, 0.1) is 19.7 Å². The van der Waals surface area contributed by atoms with E-state index in [-0.39, 0.29) is 11.7 Å². The van der Waals surface area contributed by atoms with E-state index in [1.165, 1.54) is 12.1 Å². The lowest BCUT2D eigenvalue weighted by Crippen LogP contribution is -2.26. The molecule has 0 aliphatic rings. The Morgan fingerprint density at radius 1 is 1.07 bits per heavy atom. The van der Waals surface area contributed by atoms with Crippen LogP contribution in [-0.4, -0.2) is 22.8 Å². The number of halogens is 2. The largest absolute Gasteiger partial charge is 0.336 e. The second-order valence-electron chi connectivity index (χ2n) is 6.59. The summed E-state index contributed by atoms with van der Waals surface area (Å²) in [5.41, 5.74) is 4.09. The molecular formula is C22H20ClFN2O. The van der Waals surface area contributed by atoms with E-state index in [1.807, 2.05) is 38.1 Å². The number of aryl methyl sites for hydroxylation is 2. The van der Waals surface area contributed by atoms with Gasteiger partial charge < -0.3 is 4.90 Å². The van der Waals surface area contributed by atoms with Crippen molar-refractivity contribution in [3.63, 3.8) is 0 Å². The van der Waals surface area contributed by atoms with E-state index in [0.717, 1.165) is 16.8 Å². The van der Waals surface area contributed by atoms with E-state index in [0.29, 0.717) is 28.3 Å². The highest BCUT2D eigenvalue weighted by atomic mass is 35.5. The summed E-state index contributed by atoms with van der Waals surface area (Å²) >= 11 is 6.23. The third kappa shape index (κ3) is 4.17. The molecule has 1 aromatic heterocycles. The summed E-state index contributed by atoms with van der Waals surface area (Å²) in [6.45, 7) is 4.18. The zero-order valence-electron chi connectivity index (χ0n) is 15.5. The van der Waals surface area contributed by atoms with Gasteiger partial charge in [0.15, 0.2) is 0 Å². The highest BCUT2D eigenvalue weighted by molar-refractivity contribution is 6.31. The molecule has 3 aromatic rings. The van der Waals surface area contributed by atoms with Crippen LogP contribution in [0.3, 0.4) is 0 Å². The van der Waals surface area contributed by atoms with Crippen molar-refractivity contribution < 1.29 is 9.18 Å². The summed E-state index contributed by atoms with van der Waals surface area (Å²) in [4.78, 5) is 18.6. The first-order valence-corrected chi connectivity index (χ1v) is 8.96. The molecule has 3 rings (SSSR count). The van der Waals surface area contributed by atoms with Gasteiger partial charge in [-0.1, -0.05) is 23.7 Å². The molecule has 0 aliphatic heterocycles. The quantitative estimate of drug-likeness (QED) is 0.602. The minimum atomic E-state index is -0.387. The number of carbonyl (C=O) groups excluding carboxylic acids is 1. The van der Waals surface area contributed by atoms with Crippen molar-refractivity contribution >= 4 is 17.5 Å². The summed E-state index contributed by atoms with van der Waals surface area (Å²) in [5.74, 6) is -0.584. The molecule has 0 atom stereocenters. The summed E-state index contributed by atoms with van der Waals surface area (Å²) < 4.78 is 14.5. The second-order valence-corrected chi connectivity index (χ2v) is 7.00. The van der Waals surface area contributed by atoms with E-state index in [4.69, 9.17) is 11.6 Å². The minimum absolute atomic E-state index is 0.197. The van der Waals surface area contributed by atoms with E-state index in [2.05, 4.69) is 4.98 Å². The van der Waals surface area contributed by atoms with Crippen LogP contribution in [0.15, 0.2) is 54.7 Å². The summed E-state index contributed by atoms with van der Waals surface area (Å²) in [5, 5.41) is 0.569. The number of hydrogen-bond acceptors (Lipinski definition) is 2. The number of amides is 1. The van der Waals surface area contributed by atoms with Gasteiger partial charge in [0.2, 0.25) is 0 Å². The number of carbonyl (C=O) groups is 1. The molecule has 0 bridgehead atoms. The molecule has 5 heteroatoms. The third-order valence-corrected chi connectivity index (χ3v) is 4.89. The van der Waals surface area contributed by atoms with Crippen molar-refractivity contribution in [3.8, 4) is 11.1 Å². The van der Waals surface area contributed by atoms with Gasteiger partial charge in [0.1, 0.15) is 5.82 Å². The van der Waals surface area contributed by atoms with Crippen molar-refractivity contribution in [2.75, 3.05) is 7.05 Å². The van der Waals surface area contributed by atoms with Gasteiger partial charge in [-0.2, -0.15) is 0 Å². The average molecular weight is 383 g/mol. The lowest BCUT2D eigenvalue weighted by Gasteiger charge is -2.18. The monoisotopic (exact) mass is 382 g/mol. The molecule has 27 heavy (non-hydrogen) atoms. The van der Waals surface area contributed by atoms with Gasteiger partial charge in [0, 0.05) is 29.4 Å². The predicted molar refractivity (Wildman–Crippen MR) is 106 cm³/mol. The fourth-order valence-corrected chi connectivity index (χ4v) is 3.17. The molecule has 0 aliphatic carbocycles. The van der Waals surface area contributed by atoms with Crippen molar-refractivity contribution in [2.24, 2.45) is 0 Å². The van der Waals surface area contributed by atoms with Gasteiger partial charge >= 0.3 is 0 Å². The van der Waals surface area contributed by atoms with Crippen molar-refractivity contribution in [1.29, 1.82) is 0 Å². The van der Waals surface area contributed by atoms with Crippen LogP contribution in [0.25, 0.3) is 11.1 Å². The number of nitrogens with zero attached hydrogens (tertiary/aromatic N) is 2. The SMILES string of the molecule is Cc1cc(C)c(-c2cc(C(=O)N(C)Cc3ccccn3)ccc2F)cc1Cl. The van der Waals surface area contributed by atoms with Crippen molar-refractivity contribution in [2.45, 2.75) is 20.4 Å². The summed E-state index contributed by atoms with van der Waals surface area (Å²) in [6, 6.07) is 13.6. The standard InChI is InChI=1S/C22H20ClFN2O/c1-14-10-15(2)20(23)12-18(14)19-11-16(7-8-21(19)24)22(27)26(3)13-17-6-4-5-9-25-17/h4-12H,13H2,1-3H3. The highest BCUT2D eigenvalue weighted by Gasteiger charge is 2.17. The Morgan fingerprint density at radius 2 is 1.85 bits per heavy atom. The Hall–Kier alpha value is -2.72. The maximum atomic E-state index is 14.5. The van der Waals surface area contributed by atoms with Crippen molar-refractivity contribution in [3.05, 3.63) is 88.0 Å². The first-order chi connectivity index (χ1) is 12.9. The maximum Gasteiger partial charge on any atom is 0.253 e. The lowest BCUT2D eigenvalue weighted by molar-refractivity contribution is 0.0783. The van der Waals surface area contributed by atoms with Gasteiger partial charge in [-0.05, 0) is 66.9 Å². The van der Waals surface area contributed by atoms with Gasteiger partial charge in [-0.3, -0.25) is 9.78 Å². The Labute approximate surface area is 163 Å². The number of benzene rings is 2. The Kier molecular flexibility index (Phi) is 5.57. The molecule has 1 heterocycles. The van der Waals surface area contributed by atoms with Gasteiger partial charge in [0.25, 0.3) is 5.91 Å². The van der Waals surface area contributed by atoms with E-state index in [1.54, 1.807) is 30.3 Å². The molecule has 0 radical (unpaired) electrons. The Balaban J connectivity index is 1.93. The highest BCUT2D eigenvalue weighted by Crippen LogP contribution is 2.31. The number of aromatic nitrogens is 1. The zero-order chi connectivity index (χ0) is 19.6. The van der Waals surface area contributed by atoms with E-state index < -0.39 is 0 Å². The summed E-state index contributed by atoms with van der Waals surface area (Å²) in [6.07, 6.45) is 1.69. The number of rotatable bonds is 4. The van der Waals surface area contributed by atoms with E-state index in [9.17, 15) is 9.18 Å². The molecule has 3 nitrogen and oxygen atoms in total. The van der Waals surface area contributed by atoms with Crippen LogP contribution in [0.1, 0.15) is 27.2 Å². The average Bonchev–Trinajstić information content (AvgIpc) is 2.65. The molecule has 1 amide bonds. The number of hydrogen-bond donors (Lipinski definition) is 0. The molecule has 0 unspecified atom stereocenters. The lowest BCUT2D eigenvalue weighted by atomic mass is 9.96. The van der Waals surface area contributed by atoms with Gasteiger partial charge in [-0.25, -0.2) is 4.39 Å². The summed E-state index contributed by atoms with van der Waals surface area (Å²) in [7, 11) is 1.70.